The standard InChI is InChI=1S/C13H13N3O2S/c1-8-5-11(12(14)19)16-13(15-8)18-10-4-2-3-9(6-10)7-17/h2-6,17H,7H2,1H3,(H2,14,19). The summed E-state index contributed by atoms with van der Waals surface area (Å²) in [4.78, 5) is 8.47. The van der Waals surface area contributed by atoms with Crippen molar-refractivity contribution < 1.29 is 9.84 Å². The molecule has 2 rings (SSSR count). The van der Waals surface area contributed by atoms with Gasteiger partial charge in [0, 0.05) is 5.69 Å². The van der Waals surface area contributed by atoms with E-state index in [2.05, 4.69) is 9.97 Å². The first-order chi connectivity index (χ1) is 9.08. The molecule has 1 aromatic heterocycles. The average molecular weight is 275 g/mol. The maximum Gasteiger partial charge on any atom is 0.322 e. The third kappa shape index (κ3) is 3.46. The molecule has 0 spiro atoms. The van der Waals surface area contributed by atoms with E-state index in [0.717, 1.165) is 5.56 Å². The lowest BCUT2D eigenvalue weighted by Gasteiger charge is -2.07. The van der Waals surface area contributed by atoms with Gasteiger partial charge < -0.3 is 15.6 Å². The first-order valence-electron chi connectivity index (χ1n) is 5.61. The van der Waals surface area contributed by atoms with Gasteiger partial charge in [-0.25, -0.2) is 4.98 Å². The fraction of sp³-hybridized carbons (Fsp3) is 0.154. The van der Waals surface area contributed by atoms with Gasteiger partial charge in [-0.15, -0.1) is 0 Å². The number of thiocarbonyl (C=S) groups is 1. The van der Waals surface area contributed by atoms with Gasteiger partial charge in [0.05, 0.1) is 6.61 Å². The predicted molar refractivity (Wildman–Crippen MR) is 75.1 cm³/mol. The monoisotopic (exact) mass is 275 g/mol. The molecule has 5 nitrogen and oxygen atoms in total. The number of aryl methyl sites for hydroxylation is 1. The lowest BCUT2D eigenvalue weighted by atomic mass is 10.2. The lowest BCUT2D eigenvalue weighted by Crippen LogP contribution is -2.13. The van der Waals surface area contributed by atoms with E-state index < -0.39 is 0 Å². The van der Waals surface area contributed by atoms with Crippen molar-refractivity contribution in [2.24, 2.45) is 5.73 Å². The van der Waals surface area contributed by atoms with E-state index in [4.69, 9.17) is 27.8 Å². The summed E-state index contributed by atoms with van der Waals surface area (Å²) in [6.07, 6.45) is 0. The lowest BCUT2D eigenvalue weighted by molar-refractivity contribution is 0.281. The second-order valence-corrected chi connectivity index (χ2v) is 4.39. The molecule has 1 aromatic carbocycles. The molecule has 0 bridgehead atoms. The van der Waals surface area contributed by atoms with Crippen LogP contribution < -0.4 is 10.5 Å². The van der Waals surface area contributed by atoms with Crippen molar-refractivity contribution in [1.82, 2.24) is 9.97 Å². The topological polar surface area (TPSA) is 81.3 Å². The summed E-state index contributed by atoms with van der Waals surface area (Å²) in [7, 11) is 0. The van der Waals surface area contributed by atoms with Crippen LogP contribution in [-0.4, -0.2) is 20.1 Å². The summed E-state index contributed by atoms with van der Waals surface area (Å²) in [6, 6.07) is 8.92. The van der Waals surface area contributed by atoms with Crippen LogP contribution in [0.1, 0.15) is 17.0 Å². The van der Waals surface area contributed by atoms with Crippen molar-refractivity contribution in [3.8, 4) is 11.8 Å². The normalized spacial score (nSPS) is 10.2. The Hall–Kier alpha value is -2.05. The summed E-state index contributed by atoms with van der Waals surface area (Å²) in [6.45, 7) is 1.75. The van der Waals surface area contributed by atoms with Gasteiger partial charge >= 0.3 is 6.01 Å². The summed E-state index contributed by atoms with van der Waals surface area (Å²) < 4.78 is 5.54. The highest BCUT2D eigenvalue weighted by Gasteiger charge is 2.07. The van der Waals surface area contributed by atoms with Gasteiger partial charge in [0.15, 0.2) is 0 Å². The molecule has 3 N–H and O–H groups in total. The molecule has 0 aliphatic heterocycles. The maximum atomic E-state index is 9.07. The Morgan fingerprint density at radius 1 is 1.37 bits per heavy atom. The Labute approximate surface area is 116 Å². The third-order valence-corrected chi connectivity index (χ3v) is 2.59. The Kier molecular flexibility index (Phi) is 4.03. The van der Waals surface area contributed by atoms with Gasteiger partial charge in [0.1, 0.15) is 16.4 Å². The van der Waals surface area contributed by atoms with Crippen molar-refractivity contribution in [2.45, 2.75) is 13.5 Å². The number of aliphatic hydroxyl groups excluding tert-OH is 1. The molecule has 0 atom stereocenters. The summed E-state index contributed by atoms with van der Waals surface area (Å²) in [5, 5.41) is 9.07. The highest BCUT2D eigenvalue weighted by molar-refractivity contribution is 7.80. The molecule has 0 fully saturated rings. The van der Waals surface area contributed by atoms with Crippen LogP contribution in [-0.2, 0) is 6.61 Å². The highest BCUT2D eigenvalue weighted by Crippen LogP contribution is 2.19. The smallest absolute Gasteiger partial charge is 0.322 e. The third-order valence-electron chi connectivity index (χ3n) is 2.38. The average Bonchev–Trinajstić information content (AvgIpc) is 2.38. The number of nitrogens with two attached hydrogens (primary N) is 1. The van der Waals surface area contributed by atoms with Crippen molar-refractivity contribution in [3.05, 3.63) is 47.3 Å². The Bertz CT molecular complexity index is 617. The van der Waals surface area contributed by atoms with Gasteiger partial charge in [-0.2, -0.15) is 4.98 Å². The second kappa shape index (κ2) is 5.73. The van der Waals surface area contributed by atoms with E-state index in [-0.39, 0.29) is 17.6 Å². The molecule has 0 unspecified atom stereocenters. The fourth-order valence-corrected chi connectivity index (χ4v) is 1.63. The van der Waals surface area contributed by atoms with E-state index in [1.54, 1.807) is 37.3 Å². The molecule has 1 heterocycles. The van der Waals surface area contributed by atoms with Crippen LogP contribution in [0.2, 0.25) is 0 Å². The van der Waals surface area contributed by atoms with Gasteiger partial charge in [0.2, 0.25) is 0 Å². The Morgan fingerprint density at radius 2 is 2.16 bits per heavy atom. The zero-order chi connectivity index (χ0) is 13.8. The van der Waals surface area contributed by atoms with E-state index in [1.807, 2.05) is 0 Å². The Morgan fingerprint density at radius 3 is 2.84 bits per heavy atom. The fourth-order valence-electron chi connectivity index (χ4n) is 1.53. The SMILES string of the molecule is Cc1cc(C(N)=S)nc(Oc2cccc(CO)c2)n1. The first-order valence-corrected chi connectivity index (χ1v) is 6.02. The maximum absolute atomic E-state index is 9.07. The number of nitrogens with zero attached hydrogens (tertiary/aromatic N) is 2. The number of hydrogen-bond donors (Lipinski definition) is 2. The zero-order valence-electron chi connectivity index (χ0n) is 10.3. The van der Waals surface area contributed by atoms with Crippen LogP contribution in [0.3, 0.4) is 0 Å². The number of benzene rings is 1. The molecule has 19 heavy (non-hydrogen) atoms. The Balaban J connectivity index is 2.29. The zero-order valence-corrected chi connectivity index (χ0v) is 11.1. The second-order valence-electron chi connectivity index (χ2n) is 3.95. The number of rotatable bonds is 4. The minimum absolute atomic E-state index is 0.0516. The van der Waals surface area contributed by atoms with Crippen molar-refractivity contribution in [2.75, 3.05) is 0 Å². The summed E-state index contributed by atoms with van der Waals surface area (Å²) in [5.41, 5.74) is 7.48. The molecule has 6 heteroatoms. The van der Waals surface area contributed by atoms with Gasteiger partial charge in [-0.1, -0.05) is 24.4 Å². The molecule has 0 aliphatic rings. The molecule has 98 valence electrons. The van der Waals surface area contributed by atoms with Crippen LogP contribution in [0.5, 0.6) is 11.8 Å². The van der Waals surface area contributed by atoms with Crippen LogP contribution in [0.4, 0.5) is 0 Å². The molecule has 0 saturated carbocycles. The van der Waals surface area contributed by atoms with E-state index in [1.165, 1.54) is 0 Å². The van der Waals surface area contributed by atoms with E-state index in [9.17, 15) is 0 Å². The van der Waals surface area contributed by atoms with Gasteiger partial charge in [-0.3, -0.25) is 0 Å². The number of aliphatic hydroxyl groups is 1. The van der Waals surface area contributed by atoms with Crippen LogP contribution in [0.15, 0.2) is 30.3 Å². The van der Waals surface area contributed by atoms with Crippen LogP contribution in [0, 0.1) is 6.92 Å². The van der Waals surface area contributed by atoms with Gasteiger partial charge in [0.25, 0.3) is 0 Å². The molecule has 0 aliphatic carbocycles. The van der Waals surface area contributed by atoms with Crippen molar-refractivity contribution in [3.63, 3.8) is 0 Å². The largest absolute Gasteiger partial charge is 0.424 e. The molecule has 2 aromatic rings. The molecular weight excluding hydrogens is 262 g/mol. The number of aromatic nitrogens is 2. The molecular formula is C13H13N3O2S. The number of hydrogen-bond acceptors (Lipinski definition) is 5. The minimum Gasteiger partial charge on any atom is -0.424 e. The highest BCUT2D eigenvalue weighted by atomic mass is 32.1. The molecule has 0 saturated heterocycles. The number of ether oxygens (including phenoxy) is 1. The molecule has 0 amide bonds. The van der Waals surface area contributed by atoms with E-state index >= 15 is 0 Å². The quantitative estimate of drug-likeness (QED) is 0.827. The van der Waals surface area contributed by atoms with Crippen LogP contribution in [0.25, 0.3) is 0 Å². The first kappa shape index (κ1) is 13.4. The summed E-state index contributed by atoms with van der Waals surface area (Å²) in [5.74, 6) is 0.547. The molecule has 0 radical (unpaired) electrons. The predicted octanol–water partition coefficient (Wildman–Crippen LogP) is 1.70. The minimum atomic E-state index is -0.0516. The van der Waals surface area contributed by atoms with Gasteiger partial charge in [-0.05, 0) is 30.7 Å². The van der Waals surface area contributed by atoms with Crippen molar-refractivity contribution in [1.29, 1.82) is 0 Å². The van der Waals surface area contributed by atoms with Crippen molar-refractivity contribution >= 4 is 17.2 Å². The van der Waals surface area contributed by atoms with E-state index in [0.29, 0.717) is 17.1 Å². The van der Waals surface area contributed by atoms with Crippen LogP contribution >= 0.6 is 12.2 Å². The summed E-state index contributed by atoms with van der Waals surface area (Å²) >= 11 is 4.88.